The number of likely N-dealkylation sites (N-methyl/N-ethyl adjacent to an activating group) is 1. The Bertz CT molecular complexity index is 73.5. The van der Waals surface area contributed by atoms with Gasteiger partial charge in [0.15, 0.2) is 0 Å². The Hall–Kier alpha value is 0.568. The van der Waals surface area contributed by atoms with Crippen molar-refractivity contribution in [2.24, 2.45) is 0 Å². The molecule has 0 saturated heterocycles. The summed E-state index contributed by atoms with van der Waals surface area (Å²) in [6, 6.07) is -0.0232. The number of aliphatic hydroxyl groups excluding tert-OH is 1. The van der Waals surface area contributed by atoms with E-state index >= 15 is 0 Å². The SMILES string of the molecule is C[N-]C(C)C(O)COC.[CH3-].[W+2]. The zero-order chi connectivity index (χ0) is 7.28. The van der Waals surface area contributed by atoms with Crippen molar-refractivity contribution >= 4 is 0 Å². The van der Waals surface area contributed by atoms with Crippen LogP contribution in [0.3, 0.4) is 0 Å². The molecule has 1 N–H and O–H groups in total. The summed E-state index contributed by atoms with van der Waals surface area (Å²) >= 11 is 0. The normalized spacial score (nSPS) is 14.2. The van der Waals surface area contributed by atoms with Crippen LogP contribution in [0.5, 0.6) is 0 Å². The maximum absolute atomic E-state index is 9.10. The van der Waals surface area contributed by atoms with Crippen LogP contribution < -0.4 is 0 Å². The average molecular weight is 331 g/mol. The molecule has 0 fully saturated rings. The van der Waals surface area contributed by atoms with Gasteiger partial charge in [-0.3, -0.25) is 0 Å². The molecule has 68 valence electrons. The molecule has 0 aromatic carbocycles. The molecule has 0 aromatic rings. The van der Waals surface area contributed by atoms with E-state index in [0.29, 0.717) is 6.61 Å². The van der Waals surface area contributed by atoms with E-state index in [2.05, 4.69) is 5.32 Å². The Morgan fingerprint density at radius 3 is 2.27 bits per heavy atom. The van der Waals surface area contributed by atoms with Crippen LogP contribution >= 0.6 is 0 Å². The number of rotatable bonds is 4. The van der Waals surface area contributed by atoms with Crippen molar-refractivity contribution in [2.75, 3.05) is 20.8 Å². The number of hydrogen-bond acceptors (Lipinski definition) is 2. The Kier molecular flexibility index (Phi) is 16.9. The van der Waals surface area contributed by atoms with E-state index < -0.39 is 6.10 Å². The Morgan fingerprint density at radius 1 is 1.55 bits per heavy atom. The third-order valence-electron chi connectivity index (χ3n) is 1.30. The van der Waals surface area contributed by atoms with E-state index in [-0.39, 0.29) is 34.5 Å². The van der Waals surface area contributed by atoms with E-state index in [1.807, 2.05) is 6.92 Å². The number of methoxy groups -OCH3 is 1. The molecule has 0 aliphatic carbocycles. The second kappa shape index (κ2) is 10.6. The molecule has 2 atom stereocenters. The molecule has 0 amide bonds. The van der Waals surface area contributed by atoms with Crippen LogP contribution in [0.2, 0.25) is 0 Å². The average Bonchev–Trinajstić information content (AvgIpc) is 1.87. The van der Waals surface area contributed by atoms with Crippen molar-refractivity contribution in [3.63, 3.8) is 0 Å². The molecular formula is C7H17NO2W. The molecule has 0 rings (SSSR count). The maximum atomic E-state index is 9.10. The zero-order valence-corrected chi connectivity index (χ0v) is 10.5. The Balaban J connectivity index is -0.000000320. The molecule has 2 unspecified atom stereocenters. The second-order valence-electron chi connectivity index (χ2n) is 2.02. The molecule has 0 bridgehead atoms. The van der Waals surface area contributed by atoms with Gasteiger partial charge in [0.05, 0.1) is 12.7 Å². The molecule has 11 heavy (non-hydrogen) atoms. The summed E-state index contributed by atoms with van der Waals surface area (Å²) in [6.07, 6.45) is -0.458. The minimum Gasteiger partial charge on any atom is -0.660 e. The quantitative estimate of drug-likeness (QED) is 0.776. The smallest absolute Gasteiger partial charge is 0.660 e. The molecular weight excluding hydrogens is 314 g/mol. The van der Waals surface area contributed by atoms with Gasteiger partial charge in [0.25, 0.3) is 0 Å². The predicted octanol–water partition coefficient (Wildman–Crippen LogP) is 0.833. The largest absolute Gasteiger partial charge is 2.00 e. The second-order valence-corrected chi connectivity index (χ2v) is 2.02. The molecule has 0 aliphatic heterocycles. The van der Waals surface area contributed by atoms with Gasteiger partial charge in [0.2, 0.25) is 0 Å². The van der Waals surface area contributed by atoms with Gasteiger partial charge in [-0.15, -0.1) is 6.04 Å². The first kappa shape index (κ1) is 17.6. The van der Waals surface area contributed by atoms with Crippen molar-refractivity contribution < 1.29 is 30.9 Å². The van der Waals surface area contributed by atoms with Gasteiger partial charge in [-0.25, -0.2) is 0 Å². The first-order valence-electron chi connectivity index (χ1n) is 2.98. The van der Waals surface area contributed by atoms with Crippen molar-refractivity contribution in [3.8, 4) is 0 Å². The van der Waals surface area contributed by atoms with E-state index in [0.717, 1.165) is 0 Å². The third-order valence-corrected chi connectivity index (χ3v) is 1.30. The van der Waals surface area contributed by atoms with Gasteiger partial charge in [-0.1, -0.05) is 6.92 Å². The fourth-order valence-corrected chi connectivity index (χ4v) is 0.482. The summed E-state index contributed by atoms with van der Waals surface area (Å²) in [5.41, 5.74) is 0. The molecule has 0 heterocycles. The minimum absolute atomic E-state index is 0. The molecule has 0 aromatic heterocycles. The standard InChI is InChI=1S/C6H14NO2.CH3.W/c1-5(7-2)6(8)4-9-3;;/h5-6,8H,4H2,1-3H3;1H3;/q2*-1;+2. The van der Waals surface area contributed by atoms with Crippen LogP contribution in [0.15, 0.2) is 0 Å². The monoisotopic (exact) mass is 331 g/mol. The van der Waals surface area contributed by atoms with Crippen molar-refractivity contribution in [1.82, 2.24) is 0 Å². The van der Waals surface area contributed by atoms with Gasteiger partial charge in [0.1, 0.15) is 0 Å². The molecule has 0 aliphatic rings. The number of aliphatic hydroxyl groups is 1. The van der Waals surface area contributed by atoms with Crippen LogP contribution in [-0.4, -0.2) is 38.0 Å². The van der Waals surface area contributed by atoms with Crippen LogP contribution in [-0.2, 0) is 25.8 Å². The summed E-state index contributed by atoms with van der Waals surface area (Å²) in [5, 5.41) is 13.0. The van der Waals surface area contributed by atoms with Crippen molar-refractivity contribution in [1.29, 1.82) is 0 Å². The van der Waals surface area contributed by atoms with E-state index in [1.165, 1.54) is 0 Å². The molecule has 0 spiro atoms. The number of ether oxygens (including phenoxy) is 1. The number of nitrogens with zero attached hydrogens (tertiary/aromatic N) is 1. The molecule has 4 heteroatoms. The summed E-state index contributed by atoms with van der Waals surface area (Å²) in [4.78, 5) is 0. The van der Waals surface area contributed by atoms with Gasteiger partial charge in [-0.05, 0) is 0 Å². The zero-order valence-electron chi connectivity index (χ0n) is 7.57. The van der Waals surface area contributed by atoms with Crippen molar-refractivity contribution in [3.05, 3.63) is 12.7 Å². The molecule has 0 radical (unpaired) electrons. The van der Waals surface area contributed by atoms with Crippen LogP contribution in [0.4, 0.5) is 0 Å². The summed E-state index contributed by atoms with van der Waals surface area (Å²) in [7, 11) is 3.25. The fourth-order valence-electron chi connectivity index (χ4n) is 0.482. The minimum atomic E-state index is -0.458. The fraction of sp³-hybridized carbons (Fsp3) is 0.857. The summed E-state index contributed by atoms with van der Waals surface area (Å²) in [5.74, 6) is 0. The molecule has 0 saturated carbocycles. The van der Waals surface area contributed by atoms with Crippen molar-refractivity contribution in [2.45, 2.75) is 19.1 Å². The van der Waals surface area contributed by atoms with E-state index in [4.69, 9.17) is 9.84 Å². The van der Waals surface area contributed by atoms with Crippen LogP contribution in [0, 0.1) is 7.43 Å². The predicted molar refractivity (Wildman–Crippen MR) is 43.0 cm³/mol. The van der Waals surface area contributed by atoms with Gasteiger partial charge in [0, 0.05) is 7.11 Å². The van der Waals surface area contributed by atoms with E-state index in [9.17, 15) is 0 Å². The first-order chi connectivity index (χ1) is 4.22. The summed E-state index contributed by atoms with van der Waals surface area (Å²) < 4.78 is 4.72. The molecule has 3 nitrogen and oxygen atoms in total. The first-order valence-corrected chi connectivity index (χ1v) is 2.98. The topological polar surface area (TPSA) is 43.6 Å². The maximum Gasteiger partial charge on any atom is 2.00 e. The van der Waals surface area contributed by atoms with Gasteiger partial charge >= 0.3 is 21.1 Å². The third kappa shape index (κ3) is 8.47. The van der Waals surface area contributed by atoms with Gasteiger partial charge < -0.3 is 22.6 Å². The Morgan fingerprint density at radius 2 is 2.00 bits per heavy atom. The Labute approximate surface area is 83.8 Å². The van der Waals surface area contributed by atoms with Crippen LogP contribution in [0.1, 0.15) is 6.92 Å². The van der Waals surface area contributed by atoms with E-state index in [1.54, 1.807) is 14.2 Å². The number of hydrogen-bond donors (Lipinski definition) is 1. The summed E-state index contributed by atoms with van der Waals surface area (Å²) in [6.45, 7) is 2.21. The van der Waals surface area contributed by atoms with Gasteiger partial charge in [-0.2, -0.15) is 7.05 Å². The van der Waals surface area contributed by atoms with Crippen LogP contribution in [0.25, 0.3) is 5.32 Å².